The Labute approximate surface area is 157 Å². The lowest BCUT2D eigenvalue weighted by Crippen LogP contribution is -2.30. The van der Waals surface area contributed by atoms with E-state index in [1.165, 1.54) is 0 Å². The van der Waals surface area contributed by atoms with Gasteiger partial charge in [0.05, 0.1) is 29.1 Å². The van der Waals surface area contributed by atoms with Crippen LogP contribution in [0.25, 0.3) is 0 Å². The summed E-state index contributed by atoms with van der Waals surface area (Å²) in [5, 5.41) is 17.1. The first-order chi connectivity index (χ1) is 12.0. The first-order valence-corrected chi connectivity index (χ1v) is 9.20. The van der Waals surface area contributed by atoms with Crippen LogP contribution in [0.5, 0.6) is 0 Å². The number of halogens is 2. The minimum Gasteiger partial charge on any atom is -0.394 e. The van der Waals surface area contributed by atoms with Crippen LogP contribution in [0.1, 0.15) is 38.3 Å². The fourth-order valence-electron chi connectivity index (χ4n) is 2.50. The molecule has 0 unspecified atom stereocenters. The summed E-state index contributed by atoms with van der Waals surface area (Å²) in [6.45, 7) is 4.12. The van der Waals surface area contributed by atoms with Crippen molar-refractivity contribution in [1.82, 2.24) is 9.97 Å². The van der Waals surface area contributed by atoms with Gasteiger partial charge in [0, 0.05) is 17.0 Å². The van der Waals surface area contributed by atoms with Gasteiger partial charge in [-0.1, -0.05) is 37.0 Å². The summed E-state index contributed by atoms with van der Waals surface area (Å²) in [5.41, 5.74) is 1.74. The molecule has 3 N–H and O–H groups in total. The van der Waals surface area contributed by atoms with Crippen molar-refractivity contribution >= 4 is 40.7 Å². The van der Waals surface area contributed by atoms with Crippen molar-refractivity contribution in [3.05, 3.63) is 40.0 Å². The van der Waals surface area contributed by atoms with Gasteiger partial charge in [0.25, 0.3) is 0 Å². The Morgan fingerprint density at radius 2 is 1.96 bits per heavy atom. The second kappa shape index (κ2) is 7.77. The SMILES string of the molecule is CC(C)[C@@H](CO)Nc1nc(Nc2ccc(Cl)cc2Cl)cc(C2CC2)n1. The fraction of sp³-hybridized carbons (Fsp3) is 0.444. The number of nitrogens with one attached hydrogen (secondary N) is 2. The number of aromatic nitrogens is 2. The second-order valence-electron chi connectivity index (χ2n) is 6.70. The third-order valence-corrected chi connectivity index (χ3v) is 4.80. The molecule has 1 fully saturated rings. The Hall–Kier alpha value is -1.56. The molecule has 1 aromatic carbocycles. The highest BCUT2D eigenvalue weighted by Gasteiger charge is 2.26. The first kappa shape index (κ1) is 18.2. The van der Waals surface area contributed by atoms with Gasteiger partial charge in [-0.15, -0.1) is 0 Å². The van der Waals surface area contributed by atoms with Crippen molar-refractivity contribution in [2.75, 3.05) is 17.2 Å². The molecular weight excluding hydrogens is 359 g/mol. The van der Waals surface area contributed by atoms with E-state index >= 15 is 0 Å². The quantitative estimate of drug-likeness (QED) is 0.641. The molecule has 1 heterocycles. The zero-order chi connectivity index (χ0) is 18.0. The lowest BCUT2D eigenvalue weighted by Gasteiger charge is -2.20. The van der Waals surface area contributed by atoms with E-state index in [9.17, 15) is 5.11 Å². The Balaban J connectivity index is 1.87. The van der Waals surface area contributed by atoms with Gasteiger partial charge in [-0.3, -0.25) is 0 Å². The molecule has 3 rings (SSSR count). The topological polar surface area (TPSA) is 70.1 Å². The first-order valence-electron chi connectivity index (χ1n) is 8.44. The van der Waals surface area contributed by atoms with Gasteiger partial charge in [-0.25, -0.2) is 4.98 Å². The summed E-state index contributed by atoms with van der Waals surface area (Å²) in [4.78, 5) is 9.15. The fourth-order valence-corrected chi connectivity index (χ4v) is 2.96. The van der Waals surface area contributed by atoms with Crippen LogP contribution in [0.2, 0.25) is 10.0 Å². The smallest absolute Gasteiger partial charge is 0.225 e. The normalized spacial score (nSPS) is 15.3. The van der Waals surface area contributed by atoms with E-state index in [1.54, 1.807) is 12.1 Å². The number of hydrogen-bond acceptors (Lipinski definition) is 5. The molecular formula is C18H22Cl2N4O. The summed E-state index contributed by atoms with van der Waals surface area (Å²) in [6.07, 6.45) is 2.29. The van der Waals surface area contributed by atoms with Crippen LogP contribution >= 0.6 is 23.2 Å². The Bertz CT molecular complexity index is 750. The number of aliphatic hydroxyl groups excluding tert-OH is 1. The Morgan fingerprint density at radius 1 is 1.20 bits per heavy atom. The van der Waals surface area contributed by atoms with Crippen LogP contribution in [-0.2, 0) is 0 Å². The van der Waals surface area contributed by atoms with Crippen LogP contribution in [0, 0.1) is 5.92 Å². The number of rotatable bonds is 7. The molecule has 1 aliphatic carbocycles. The predicted molar refractivity (Wildman–Crippen MR) is 103 cm³/mol. The molecule has 1 aromatic heterocycles. The summed E-state index contributed by atoms with van der Waals surface area (Å²) < 4.78 is 0. The molecule has 0 bridgehead atoms. The van der Waals surface area contributed by atoms with Crippen molar-refractivity contribution < 1.29 is 5.11 Å². The van der Waals surface area contributed by atoms with Crippen molar-refractivity contribution in [2.24, 2.45) is 5.92 Å². The Morgan fingerprint density at radius 3 is 2.56 bits per heavy atom. The molecule has 25 heavy (non-hydrogen) atoms. The van der Waals surface area contributed by atoms with Gasteiger partial charge in [0.2, 0.25) is 5.95 Å². The van der Waals surface area contributed by atoms with Gasteiger partial charge < -0.3 is 15.7 Å². The van der Waals surface area contributed by atoms with Crippen molar-refractivity contribution in [1.29, 1.82) is 0 Å². The second-order valence-corrected chi connectivity index (χ2v) is 7.55. The number of nitrogens with zero attached hydrogens (tertiary/aromatic N) is 2. The largest absolute Gasteiger partial charge is 0.394 e. The lowest BCUT2D eigenvalue weighted by molar-refractivity contribution is 0.248. The van der Waals surface area contributed by atoms with Crippen LogP contribution in [0.15, 0.2) is 24.3 Å². The van der Waals surface area contributed by atoms with E-state index in [4.69, 9.17) is 23.2 Å². The van der Waals surface area contributed by atoms with E-state index in [-0.39, 0.29) is 18.6 Å². The molecule has 0 aliphatic heterocycles. The molecule has 1 aliphatic rings. The van der Waals surface area contributed by atoms with E-state index in [1.807, 2.05) is 26.0 Å². The molecule has 134 valence electrons. The third-order valence-electron chi connectivity index (χ3n) is 4.25. The number of benzene rings is 1. The molecule has 5 nitrogen and oxygen atoms in total. The van der Waals surface area contributed by atoms with Gasteiger partial charge in [-0.2, -0.15) is 4.98 Å². The highest BCUT2D eigenvalue weighted by atomic mass is 35.5. The molecule has 7 heteroatoms. The standard InChI is InChI=1S/C18H22Cl2N4O/c1-10(2)16(9-25)23-18-22-15(11-3-4-11)8-17(24-18)21-14-6-5-12(19)7-13(14)20/h5-8,10-11,16,25H,3-4,9H2,1-2H3,(H2,21,22,23,24)/t16-/m1/s1. The molecule has 0 radical (unpaired) electrons. The highest BCUT2D eigenvalue weighted by Crippen LogP contribution is 2.40. The van der Waals surface area contributed by atoms with Crippen LogP contribution in [0.4, 0.5) is 17.5 Å². The number of anilines is 3. The van der Waals surface area contributed by atoms with Crippen LogP contribution in [0.3, 0.4) is 0 Å². The average Bonchev–Trinajstić information content (AvgIpc) is 3.40. The van der Waals surface area contributed by atoms with Crippen molar-refractivity contribution in [3.8, 4) is 0 Å². The zero-order valence-corrected chi connectivity index (χ0v) is 15.8. The minimum atomic E-state index is -0.0959. The summed E-state index contributed by atoms with van der Waals surface area (Å²) in [5.74, 6) is 1.94. The Kier molecular flexibility index (Phi) is 5.67. The van der Waals surface area contributed by atoms with Crippen LogP contribution in [-0.4, -0.2) is 27.7 Å². The molecule has 2 aromatic rings. The van der Waals surface area contributed by atoms with Crippen LogP contribution < -0.4 is 10.6 Å². The minimum absolute atomic E-state index is 0.0282. The molecule has 0 spiro atoms. The molecule has 0 amide bonds. The predicted octanol–water partition coefficient (Wildman–Crippen LogP) is 4.83. The molecule has 0 saturated heterocycles. The van der Waals surface area contributed by atoms with Crippen molar-refractivity contribution in [3.63, 3.8) is 0 Å². The summed E-state index contributed by atoms with van der Waals surface area (Å²) in [6, 6.07) is 7.15. The third kappa shape index (κ3) is 4.75. The maximum atomic E-state index is 9.55. The number of hydrogen-bond donors (Lipinski definition) is 3. The van der Waals surface area contributed by atoms with Crippen molar-refractivity contribution in [2.45, 2.75) is 38.6 Å². The molecule has 1 atom stereocenters. The summed E-state index contributed by atoms with van der Waals surface area (Å²) >= 11 is 12.2. The van der Waals surface area contributed by atoms with E-state index in [2.05, 4.69) is 20.6 Å². The van der Waals surface area contributed by atoms with E-state index in [0.29, 0.717) is 27.7 Å². The monoisotopic (exact) mass is 380 g/mol. The van der Waals surface area contributed by atoms with Gasteiger partial charge in [0.15, 0.2) is 0 Å². The number of aliphatic hydroxyl groups is 1. The van der Waals surface area contributed by atoms with Gasteiger partial charge >= 0.3 is 0 Å². The highest BCUT2D eigenvalue weighted by molar-refractivity contribution is 6.36. The van der Waals surface area contributed by atoms with E-state index < -0.39 is 0 Å². The zero-order valence-electron chi connectivity index (χ0n) is 14.3. The molecule has 1 saturated carbocycles. The van der Waals surface area contributed by atoms with E-state index in [0.717, 1.165) is 24.2 Å². The van der Waals surface area contributed by atoms with Gasteiger partial charge in [0.1, 0.15) is 5.82 Å². The van der Waals surface area contributed by atoms with Gasteiger partial charge in [-0.05, 0) is 37.0 Å². The summed E-state index contributed by atoms with van der Waals surface area (Å²) in [7, 11) is 0. The lowest BCUT2D eigenvalue weighted by atomic mass is 10.1. The maximum absolute atomic E-state index is 9.55. The average molecular weight is 381 g/mol. The maximum Gasteiger partial charge on any atom is 0.225 e.